The highest BCUT2D eigenvalue weighted by Crippen LogP contribution is 2.21. The molecule has 1 aromatic rings. The molecule has 0 saturated carbocycles. The molecule has 0 aromatic heterocycles. The van der Waals surface area contributed by atoms with E-state index in [9.17, 15) is 9.59 Å². The Morgan fingerprint density at radius 1 is 1.36 bits per heavy atom. The smallest absolute Gasteiger partial charge is 0.239 e. The van der Waals surface area contributed by atoms with Crippen LogP contribution in [0.4, 0.5) is 0 Å². The van der Waals surface area contributed by atoms with Gasteiger partial charge < -0.3 is 10.6 Å². The first kappa shape index (κ1) is 16.5. The SMILES string of the molecule is CCC(=O)N1CCC(NC(C(N)=O)c2ccccc2)C(C)C1. The zero-order valence-electron chi connectivity index (χ0n) is 13.3. The molecule has 1 aliphatic heterocycles. The van der Waals surface area contributed by atoms with Crippen molar-refractivity contribution in [1.29, 1.82) is 0 Å². The Bertz CT molecular complexity index is 518. The molecule has 22 heavy (non-hydrogen) atoms. The minimum atomic E-state index is -0.484. The van der Waals surface area contributed by atoms with Crippen molar-refractivity contribution < 1.29 is 9.59 Å². The fraction of sp³-hybridized carbons (Fsp3) is 0.529. The van der Waals surface area contributed by atoms with Gasteiger partial charge in [0.1, 0.15) is 6.04 Å². The summed E-state index contributed by atoms with van der Waals surface area (Å²) in [6, 6.07) is 9.23. The number of hydrogen-bond acceptors (Lipinski definition) is 3. The maximum Gasteiger partial charge on any atom is 0.239 e. The summed E-state index contributed by atoms with van der Waals surface area (Å²) >= 11 is 0. The Morgan fingerprint density at radius 2 is 2.05 bits per heavy atom. The minimum absolute atomic E-state index is 0.179. The number of nitrogens with two attached hydrogens (primary N) is 1. The molecule has 3 unspecified atom stereocenters. The first-order chi connectivity index (χ1) is 10.5. The van der Waals surface area contributed by atoms with Crippen molar-refractivity contribution in [2.75, 3.05) is 13.1 Å². The molecule has 0 bridgehead atoms. The van der Waals surface area contributed by atoms with E-state index in [-0.39, 0.29) is 23.8 Å². The van der Waals surface area contributed by atoms with Crippen LogP contribution in [-0.2, 0) is 9.59 Å². The third kappa shape index (κ3) is 3.85. The summed E-state index contributed by atoms with van der Waals surface area (Å²) in [7, 11) is 0. The van der Waals surface area contributed by atoms with E-state index in [1.807, 2.05) is 42.2 Å². The molecule has 0 spiro atoms. The fourth-order valence-corrected chi connectivity index (χ4v) is 3.05. The van der Waals surface area contributed by atoms with Crippen LogP contribution in [0.3, 0.4) is 0 Å². The summed E-state index contributed by atoms with van der Waals surface area (Å²) in [6.45, 7) is 5.45. The maximum absolute atomic E-state index is 11.8. The van der Waals surface area contributed by atoms with Gasteiger partial charge in [0.05, 0.1) is 0 Å². The number of benzene rings is 1. The molecule has 1 fully saturated rings. The average Bonchev–Trinajstić information content (AvgIpc) is 2.53. The van der Waals surface area contributed by atoms with E-state index in [0.29, 0.717) is 6.42 Å². The van der Waals surface area contributed by atoms with Crippen molar-refractivity contribution >= 4 is 11.8 Å². The lowest BCUT2D eigenvalue weighted by molar-refractivity contribution is -0.133. The van der Waals surface area contributed by atoms with E-state index in [1.165, 1.54) is 0 Å². The van der Waals surface area contributed by atoms with Crippen molar-refractivity contribution in [1.82, 2.24) is 10.2 Å². The normalized spacial score (nSPS) is 23.1. The average molecular weight is 303 g/mol. The van der Waals surface area contributed by atoms with Gasteiger partial charge in [0.2, 0.25) is 11.8 Å². The largest absolute Gasteiger partial charge is 0.368 e. The summed E-state index contributed by atoms with van der Waals surface area (Å²) in [4.78, 5) is 25.5. The van der Waals surface area contributed by atoms with Gasteiger partial charge in [-0.25, -0.2) is 0 Å². The van der Waals surface area contributed by atoms with Crippen molar-refractivity contribution in [2.45, 2.75) is 38.8 Å². The Labute approximate surface area is 131 Å². The van der Waals surface area contributed by atoms with Crippen LogP contribution in [-0.4, -0.2) is 35.8 Å². The van der Waals surface area contributed by atoms with Gasteiger partial charge in [-0.05, 0) is 17.9 Å². The number of carbonyl (C=O) groups excluding carboxylic acids is 2. The summed E-state index contributed by atoms with van der Waals surface area (Å²) in [5, 5.41) is 3.39. The molecule has 1 aliphatic rings. The van der Waals surface area contributed by atoms with Crippen LogP contribution in [0.15, 0.2) is 30.3 Å². The van der Waals surface area contributed by atoms with E-state index in [2.05, 4.69) is 12.2 Å². The molecular weight excluding hydrogens is 278 g/mol. The van der Waals surface area contributed by atoms with Gasteiger partial charge in [-0.15, -0.1) is 0 Å². The van der Waals surface area contributed by atoms with Crippen LogP contribution in [0.5, 0.6) is 0 Å². The molecule has 0 aliphatic carbocycles. The highest BCUT2D eigenvalue weighted by atomic mass is 16.2. The summed E-state index contributed by atoms with van der Waals surface area (Å²) in [6.07, 6.45) is 1.38. The first-order valence-electron chi connectivity index (χ1n) is 7.91. The lowest BCUT2D eigenvalue weighted by Gasteiger charge is -2.38. The summed E-state index contributed by atoms with van der Waals surface area (Å²) in [5.41, 5.74) is 6.45. The number of primary amides is 1. The Balaban J connectivity index is 2.03. The van der Waals surface area contributed by atoms with Crippen LogP contribution in [0.25, 0.3) is 0 Å². The third-order valence-electron chi connectivity index (χ3n) is 4.36. The van der Waals surface area contributed by atoms with Crippen molar-refractivity contribution in [3.8, 4) is 0 Å². The summed E-state index contributed by atoms with van der Waals surface area (Å²) in [5.74, 6) is 0.111. The van der Waals surface area contributed by atoms with Gasteiger partial charge in [0.25, 0.3) is 0 Å². The molecule has 3 atom stereocenters. The predicted molar refractivity (Wildman–Crippen MR) is 86.0 cm³/mol. The molecule has 2 rings (SSSR count). The van der Waals surface area contributed by atoms with E-state index in [4.69, 9.17) is 5.73 Å². The molecule has 0 radical (unpaired) electrons. The zero-order chi connectivity index (χ0) is 16.1. The highest BCUT2D eigenvalue weighted by molar-refractivity contribution is 5.81. The molecule has 120 valence electrons. The van der Waals surface area contributed by atoms with E-state index in [0.717, 1.165) is 25.1 Å². The van der Waals surface area contributed by atoms with Gasteiger partial charge in [-0.1, -0.05) is 44.2 Å². The second-order valence-electron chi connectivity index (χ2n) is 5.98. The van der Waals surface area contributed by atoms with Gasteiger partial charge in [-0.3, -0.25) is 14.9 Å². The lowest BCUT2D eigenvalue weighted by atomic mass is 9.92. The minimum Gasteiger partial charge on any atom is -0.368 e. The Morgan fingerprint density at radius 3 is 2.59 bits per heavy atom. The predicted octanol–water partition coefficient (Wildman–Crippen LogP) is 1.45. The standard InChI is InChI=1S/C17H25N3O2/c1-3-15(21)20-10-9-14(12(2)11-20)19-16(17(18)22)13-7-5-4-6-8-13/h4-8,12,14,16,19H,3,9-11H2,1-2H3,(H2,18,22). The van der Waals surface area contributed by atoms with E-state index in [1.54, 1.807) is 0 Å². The second-order valence-corrected chi connectivity index (χ2v) is 5.98. The number of likely N-dealkylation sites (tertiary alicyclic amines) is 1. The third-order valence-corrected chi connectivity index (χ3v) is 4.36. The number of piperidine rings is 1. The molecular formula is C17H25N3O2. The van der Waals surface area contributed by atoms with Gasteiger partial charge in [0.15, 0.2) is 0 Å². The molecule has 1 aromatic carbocycles. The number of nitrogens with one attached hydrogen (secondary N) is 1. The lowest BCUT2D eigenvalue weighted by Crippen LogP contribution is -2.52. The maximum atomic E-state index is 11.8. The van der Waals surface area contributed by atoms with Crippen LogP contribution in [0.2, 0.25) is 0 Å². The van der Waals surface area contributed by atoms with Crippen LogP contribution in [0, 0.1) is 5.92 Å². The first-order valence-corrected chi connectivity index (χ1v) is 7.91. The van der Waals surface area contributed by atoms with E-state index < -0.39 is 6.04 Å². The van der Waals surface area contributed by atoms with Crippen LogP contribution < -0.4 is 11.1 Å². The van der Waals surface area contributed by atoms with Crippen molar-refractivity contribution in [2.24, 2.45) is 11.7 Å². The molecule has 1 heterocycles. The van der Waals surface area contributed by atoms with Crippen LogP contribution in [0.1, 0.15) is 38.3 Å². The van der Waals surface area contributed by atoms with E-state index >= 15 is 0 Å². The fourth-order valence-electron chi connectivity index (χ4n) is 3.05. The monoisotopic (exact) mass is 303 g/mol. The van der Waals surface area contributed by atoms with Crippen LogP contribution >= 0.6 is 0 Å². The quantitative estimate of drug-likeness (QED) is 0.864. The van der Waals surface area contributed by atoms with Gasteiger partial charge in [0, 0.05) is 25.6 Å². The number of hydrogen-bond donors (Lipinski definition) is 2. The molecule has 3 N–H and O–H groups in total. The number of carbonyl (C=O) groups is 2. The Hall–Kier alpha value is -1.88. The molecule has 5 heteroatoms. The van der Waals surface area contributed by atoms with Crippen molar-refractivity contribution in [3.63, 3.8) is 0 Å². The molecule has 1 saturated heterocycles. The molecule has 5 nitrogen and oxygen atoms in total. The number of nitrogens with zero attached hydrogens (tertiary/aromatic N) is 1. The van der Waals surface area contributed by atoms with Gasteiger partial charge in [-0.2, -0.15) is 0 Å². The molecule has 2 amide bonds. The zero-order valence-corrected chi connectivity index (χ0v) is 13.3. The topological polar surface area (TPSA) is 75.4 Å². The number of rotatable bonds is 5. The summed E-state index contributed by atoms with van der Waals surface area (Å²) < 4.78 is 0. The number of amides is 2. The van der Waals surface area contributed by atoms with Gasteiger partial charge >= 0.3 is 0 Å². The Kier molecular flexibility index (Phi) is 5.55. The second kappa shape index (κ2) is 7.40. The highest BCUT2D eigenvalue weighted by Gasteiger charge is 2.31. The van der Waals surface area contributed by atoms with Crippen molar-refractivity contribution in [3.05, 3.63) is 35.9 Å².